The maximum Gasteiger partial charge on any atom is 0.156 e. The van der Waals surface area contributed by atoms with Crippen LogP contribution < -0.4 is 5.32 Å². The molecule has 1 aromatic rings. The Bertz CT molecular complexity index is 375. The van der Waals surface area contributed by atoms with E-state index in [0.29, 0.717) is 12.7 Å². The number of anilines is 1. The number of nitrogens with one attached hydrogen (secondary N) is 1. The van der Waals surface area contributed by atoms with E-state index in [0.717, 1.165) is 30.3 Å². The third kappa shape index (κ3) is 3.95. The minimum absolute atomic E-state index is 0.418. The summed E-state index contributed by atoms with van der Waals surface area (Å²) in [6.07, 6.45) is 6.48. The number of hydrogen-bond donors (Lipinski definition) is 1. The molecule has 1 saturated carbocycles. The van der Waals surface area contributed by atoms with E-state index in [4.69, 9.17) is 4.74 Å². The van der Waals surface area contributed by atoms with Crippen molar-refractivity contribution in [1.29, 1.82) is 0 Å². The molecule has 0 unspecified atom stereocenters. The zero-order chi connectivity index (χ0) is 12.8. The molecule has 1 fully saturated rings. The highest BCUT2D eigenvalue weighted by atomic mass is 16.5. The molecule has 1 aliphatic carbocycles. The zero-order valence-corrected chi connectivity index (χ0v) is 11.4. The molecule has 4 nitrogen and oxygen atoms in total. The molecule has 1 N–H and O–H groups in total. The highest BCUT2D eigenvalue weighted by Gasteiger charge is 2.15. The highest BCUT2D eigenvalue weighted by molar-refractivity contribution is 5.35. The molecule has 0 aromatic carbocycles. The van der Waals surface area contributed by atoms with Crippen molar-refractivity contribution in [3.8, 4) is 0 Å². The topological polar surface area (TPSA) is 47.0 Å². The van der Waals surface area contributed by atoms with Gasteiger partial charge in [0.2, 0.25) is 0 Å². The predicted molar refractivity (Wildman–Crippen MR) is 72.6 cm³/mol. The quantitative estimate of drug-likeness (QED) is 0.841. The number of rotatable bonds is 6. The van der Waals surface area contributed by atoms with E-state index in [1.807, 2.05) is 13.0 Å². The maximum absolute atomic E-state index is 5.85. The molecule has 2 rings (SSSR count). The van der Waals surface area contributed by atoms with Crippen molar-refractivity contribution in [1.82, 2.24) is 9.97 Å². The lowest BCUT2D eigenvalue weighted by Gasteiger charge is -2.11. The first-order valence-corrected chi connectivity index (χ1v) is 6.98. The Morgan fingerprint density at radius 3 is 2.83 bits per heavy atom. The summed E-state index contributed by atoms with van der Waals surface area (Å²) in [5, 5.41) is 3.30. The van der Waals surface area contributed by atoms with E-state index in [-0.39, 0.29) is 0 Å². The van der Waals surface area contributed by atoms with Crippen molar-refractivity contribution < 1.29 is 4.74 Å². The molecule has 1 aromatic heterocycles. The van der Waals surface area contributed by atoms with Crippen LogP contribution in [0.15, 0.2) is 6.07 Å². The Hall–Kier alpha value is -1.16. The van der Waals surface area contributed by atoms with E-state index < -0.39 is 0 Å². The molecular weight excluding hydrogens is 226 g/mol. The molecule has 4 heteroatoms. The fraction of sp³-hybridized carbons (Fsp3) is 0.714. The van der Waals surface area contributed by atoms with Crippen LogP contribution in [0.25, 0.3) is 0 Å². The molecule has 0 amide bonds. The number of ether oxygens (including phenoxy) is 1. The van der Waals surface area contributed by atoms with Crippen LogP contribution in [0.3, 0.4) is 0 Å². The molecule has 0 saturated heterocycles. The zero-order valence-electron chi connectivity index (χ0n) is 11.4. The van der Waals surface area contributed by atoms with Crippen molar-refractivity contribution in [2.24, 2.45) is 0 Å². The molecule has 0 radical (unpaired) electrons. The first-order valence-electron chi connectivity index (χ1n) is 6.98. The standard InChI is InChI=1S/C14H23N3O/c1-3-8-15-13-9-11(2)16-14(17-13)10-18-12-6-4-5-7-12/h9,12H,3-8,10H2,1-2H3,(H,15,16,17). The van der Waals surface area contributed by atoms with Gasteiger partial charge in [-0.05, 0) is 26.2 Å². The monoisotopic (exact) mass is 249 g/mol. The molecule has 0 bridgehead atoms. The van der Waals surface area contributed by atoms with Crippen LogP contribution >= 0.6 is 0 Å². The molecule has 0 atom stereocenters. The first-order chi connectivity index (χ1) is 8.78. The Kier molecular flexibility index (Phi) is 4.93. The van der Waals surface area contributed by atoms with E-state index in [1.54, 1.807) is 0 Å². The van der Waals surface area contributed by atoms with Gasteiger partial charge in [-0.25, -0.2) is 9.97 Å². The first kappa shape index (κ1) is 13.3. The van der Waals surface area contributed by atoms with Crippen molar-refractivity contribution in [2.75, 3.05) is 11.9 Å². The van der Waals surface area contributed by atoms with Gasteiger partial charge in [0, 0.05) is 18.3 Å². The van der Waals surface area contributed by atoms with E-state index in [2.05, 4.69) is 22.2 Å². The van der Waals surface area contributed by atoms with Gasteiger partial charge in [-0.3, -0.25) is 0 Å². The second-order valence-electron chi connectivity index (χ2n) is 4.96. The van der Waals surface area contributed by atoms with E-state index in [9.17, 15) is 0 Å². The lowest BCUT2D eigenvalue weighted by molar-refractivity contribution is 0.0417. The highest BCUT2D eigenvalue weighted by Crippen LogP contribution is 2.21. The van der Waals surface area contributed by atoms with E-state index in [1.165, 1.54) is 25.7 Å². The van der Waals surface area contributed by atoms with Crippen LogP contribution in [0.1, 0.15) is 50.5 Å². The van der Waals surface area contributed by atoms with Gasteiger partial charge in [0.25, 0.3) is 0 Å². The summed E-state index contributed by atoms with van der Waals surface area (Å²) in [6, 6.07) is 1.98. The Balaban J connectivity index is 1.91. The number of nitrogens with zero attached hydrogens (tertiary/aromatic N) is 2. The number of aromatic nitrogens is 2. The van der Waals surface area contributed by atoms with Crippen molar-refractivity contribution in [2.45, 2.75) is 58.7 Å². The van der Waals surface area contributed by atoms with Gasteiger partial charge < -0.3 is 10.1 Å². The van der Waals surface area contributed by atoms with E-state index >= 15 is 0 Å². The smallest absolute Gasteiger partial charge is 0.156 e. The van der Waals surface area contributed by atoms with Crippen molar-refractivity contribution >= 4 is 5.82 Å². The summed E-state index contributed by atoms with van der Waals surface area (Å²) in [5.41, 5.74) is 0.994. The molecule has 100 valence electrons. The third-order valence-corrected chi connectivity index (χ3v) is 3.21. The minimum Gasteiger partial charge on any atom is -0.370 e. The lowest BCUT2D eigenvalue weighted by atomic mass is 10.3. The summed E-state index contributed by atoms with van der Waals surface area (Å²) < 4.78 is 5.85. The molecule has 0 spiro atoms. The van der Waals surface area contributed by atoms with Crippen molar-refractivity contribution in [3.63, 3.8) is 0 Å². The average Bonchev–Trinajstić information content (AvgIpc) is 2.86. The largest absolute Gasteiger partial charge is 0.370 e. The summed E-state index contributed by atoms with van der Waals surface area (Å²) >= 11 is 0. The van der Waals surface area contributed by atoms with Crippen LogP contribution in [0.5, 0.6) is 0 Å². The van der Waals surface area contributed by atoms with Gasteiger partial charge in [-0.1, -0.05) is 19.8 Å². The van der Waals surface area contributed by atoms with Crippen LogP contribution in [0.2, 0.25) is 0 Å². The summed E-state index contributed by atoms with van der Waals surface area (Å²) in [4.78, 5) is 8.91. The van der Waals surface area contributed by atoms with Crippen LogP contribution in [-0.4, -0.2) is 22.6 Å². The van der Waals surface area contributed by atoms with Gasteiger partial charge in [0.05, 0.1) is 6.10 Å². The normalized spacial score (nSPS) is 16.1. The third-order valence-electron chi connectivity index (χ3n) is 3.21. The molecule has 1 aliphatic rings. The Morgan fingerprint density at radius 1 is 1.33 bits per heavy atom. The summed E-state index contributed by atoms with van der Waals surface area (Å²) in [7, 11) is 0. The molecule has 1 heterocycles. The molecular formula is C14H23N3O. The molecule has 0 aliphatic heterocycles. The van der Waals surface area contributed by atoms with Gasteiger partial charge in [-0.15, -0.1) is 0 Å². The Labute approximate surface area is 109 Å². The fourth-order valence-corrected chi connectivity index (χ4v) is 2.29. The van der Waals surface area contributed by atoms with Crippen molar-refractivity contribution in [3.05, 3.63) is 17.6 Å². The fourth-order valence-electron chi connectivity index (χ4n) is 2.29. The maximum atomic E-state index is 5.85. The Morgan fingerprint density at radius 2 is 2.11 bits per heavy atom. The summed E-state index contributed by atoms with van der Waals surface area (Å²) in [6.45, 7) is 5.62. The predicted octanol–water partition coefficient (Wildman–Crippen LogP) is 3.07. The minimum atomic E-state index is 0.418. The number of hydrogen-bond acceptors (Lipinski definition) is 4. The van der Waals surface area contributed by atoms with Crippen LogP contribution in [-0.2, 0) is 11.3 Å². The summed E-state index contributed by atoms with van der Waals surface area (Å²) in [5.74, 6) is 1.70. The number of aryl methyl sites for hydroxylation is 1. The van der Waals surface area contributed by atoms with Gasteiger partial charge in [-0.2, -0.15) is 0 Å². The lowest BCUT2D eigenvalue weighted by Crippen LogP contribution is -2.11. The SMILES string of the molecule is CCCNc1cc(C)nc(COC2CCCC2)n1. The van der Waals surface area contributed by atoms with Crippen LogP contribution in [0, 0.1) is 6.92 Å². The van der Waals surface area contributed by atoms with Gasteiger partial charge in [0.15, 0.2) is 5.82 Å². The average molecular weight is 249 g/mol. The molecule has 18 heavy (non-hydrogen) atoms. The second-order valence-corrected chi connectivity index (χ2v) is 4.96. The van der Waals surface area contributed by atoms with Gasteiger partial charge >= 0.3 is 0 Å². The van der Waals surface area contributed by atoms with Crippen LogP contribution in [0.4, 0.5) is 5.82 Å². The van der Waals surface area contributed by atoms with Gasteiger partial charge in [0.1, 0.15) is 12.4 Å². The second kappa shape index (κ2) is 6.69.